The molecule has 2 rings (SSSR count). The lowest BCUT2D eigenvalue weighted by molar-refractivity contribution is -0.384. The summed E-state index contributed by atoms with van der Waals surface area (Å²) >= 11 is 1.84. The fraction of sp³-hybridized carbons (Fsp3) is 0.538. The van der Waals surface area contributed by atoms with E-state index in [1.54, 1.807) is 12.1 Å². The maximum absolute atomic E-state index is 10.6. The summed E-state index contributed by atoms with van der Waals surface area (Å²) in [5, 5.41) is 14.7. The number of nitro groups is 1. The van der Waals surface area contributed by atoms with Crippen LogP contribution >= 0.6 is 11.8 Å². The second-order valence-electron chi connectivity index (χ2n) is 4.56. The number of hydrogen-bond donors (Lipinski definition) is 1. The Kier molecular flexibility index (Phi) is 4.60. The summed E-state index contributed by atoms with van der Waals surface area (Å²) in [6.07, 6.45) is 3.65. The lowest BCUT2D eigenvalue weighted by Crippen LogP contribution is -2.26. The largest absolute Gasteiger partial charge is 0.314 e. The molecule has 0 spiro atoms. The Balaban J connectivity index is 1.88. The van der Waals surface area contributed by atoms with Crippen molar-refractivity contribution in [1.29, 1.82) is 0 Å². The number of benzene rings is 1. The molecule has 4 nitrogen and oxygen atoms in total. The van der Waals surface area contributed by atoms with Crippen LogP contribution in [0.25, 0.3) is 0 Å². The van der Waals surface area contributed by atoms with Crippen LogP contribution in [0.1, 0.15) is 26.2 Å². The monoisotopic (exact) mass is 266 g/mol. The Morgan fingerprint density at radius 3 is 2.72 bits per heavy atom. The zero-order valence-electron chi connectivity index (χ0n) is 10.5. The zero-order chi connectivity index (χ0) is 13.0. The number of hydrogen-bond acceptors (Lipinski definition) is 4. The van der Waals surface area contributed by atoms with Crippen molar-refractivity contribution >= 4 is 17.4 Å². The first-order valence-corrected chi connectivity index (χ1v) is 7.21. The minimum absolute atomic E-state index is 0.163. The number of nitrogens with zero attached hydrogens (tertiary/aromatic N) is 1. The molecular weight excluding hydrogens is 248 g/mol. The molecule has 0 aromatic heterocycles. The van der Waals surface area contributed by atoms with Gasteiger partial charge < -0.3 is 5.32 Å². The van der Waals surface area contributed by atoms with Gasteiger partial charge in [0.2, 0.25) is 0 Å². The van der Waals surface area contributed by atoms with Gasteiger partial charge in [0.05, 0.1) is 4.92 Å². The van der Waals surface area contributed by atoms with Crippen molar-refractivity contribution in [3.8, 4) is 0 Å². The number of rotatable bonds is 5. The molecule has 0 aliphatic heterocycles. The summed E-state index contributed by atoms with van der Waals surface area (Å²) in [6, 6.07) is 7.51. The van der Waals surface area contributed by atoms with Gasteiger partial charge in [0.25, 0.3) is 5.69 Å². The normalized spacial score (nSPS) is 23.2. The van der Waals surface area contributed by atoms with Crippen LogP contribution in [0, 0.1) is 10.1 Å². The van der Waals surface area contributed by atoms with E-state index in [9.17, 15) is 10.1 Å². The van der Waals surface area contributed by atoms with E-state index in [2.05, 4.69) is 12.2 Å². The first kappa shape index (κ1) is 13.4. The molecule has 1 saturated carbocycles. The highest BCUT2D eigenvalue weighted by Gasteiger charge is 2.24. The van der Waals surface area contributed by atoms with Gasteiger partial charge in [-0.3, -0.25) is 10.1 Å². The second kappa shape index (κ2) is 6.20. The molecule has 1 aromatic rings. The van der Waals surface area contributed by atoms with Gasteiger partial charge in [-0.15, -0.1) is 11.8 Å². The summed E-state index contributed by atoms with van der Waals surface area (Å²) in [6.45, 7) is 3.16. The molecule has 1 aliphatic carbocycles. The van der Waals surface area contributed by atoms with Gasteiger partial charge in [-0.1, -0.05) is 6.92 Å². The molecular formula is C13H18N2O2S. The van der Waals surface area contributed by atoms with E-state index in [0.29, 0.717) is 11.3 Å². The number of nitro benzene ring substituents is 1. The van der Waals surface area contributed by atoms with E-state index in [-0.39, 0.29) is 10.6 Å². The molecule has 1 fully saturated rings. The van der Waals surface area contributed by atoms with Crippen LogP contribution in [0.5, 0.6) is 0 Å². The quantitative estimate of drug-likeness (QED) is 0.656. The molecule has 0 amide bonds. The first-order valence-electron chi connectivity index (χ1n) is 6.33. The van der Waals surface area contributed by atoms with Crippen molar-refractivity contribution in [1.82, 2.24) is 5.32 Å². The topological polar surface area (TPSA) is 55.2 Å². The van der Waals surface area contributed by atoms with Gasteiger partial charge in [-0.2, -0.15) is 0 Å². The molecule has 1 N–H and O–H groups in total. The number of non-ortho nitro benzene ring substituents is 1. The van der Waals surface area contributed by atoms with Gasteiger partial charge in [0.1, 0.15) is 0 Å². The Labute approximate surface area is 111 Å². The standard InChI is InChI=1S/C13H18N2O2S/c1-2-14-10-3-6-13(9-10)18-12-7-4-11(5-8-12)15(16)17/h4-5,7-8,10,13-14H,2-3,6,9H2,1H3. The molecule has 1 aromatic carbocycles. The Morgan fingerprint density at radius 1 is 1.39 bits per heavy atom. The highest BCUT2D eigenvalue weighted by Crippen LogP contribution is 2.35. The second-order valence-corrected chi connectivity index (χ2v) is 5.93. The molecule has 2 unspecified atom stereocenters. The van der Waals surface area contributed by atoms with E-state index in [0.717, 1.165) is 11.4 Å². The van der Waals surface area contributed by atoms with Crippen molar-refractivity contribution in [3.63, 3.8) is 0 Å². The maximum Gasteiger partial charge on any atom is 0.269 e. The zero-order valence-corrected chi connectivity index (χ0v) is 11.3. The van der Waals surface area contributed by atoms with Gasteiger partial charge >= 0.3 is 0 Å². The summed E-state index contributed by atoms with van der Waals surface area (Å²) in [5.41, 5.74) is 0.163. The maximum atomic E-state index is 10.6. The molecule has 0 radical (unpaired) electrons. The van der Waals surface area contributed by atoms with Crippen molar-refractivity contribution in [2.75, 3.05) is 6.54 Å². The third kappa shape index (κ3) is 3.46. The van der Waals surface area contributed by atoms with Gasteiger partial charge in [-0.05, 0) is 37.9 Å². The van der Waals surface area contributed by atoms with Crippen LogP contribution in [0.3, 0.4) is 0 Å². The number of nitrogens with one attached hydrogen (secondary N) is 1. The molecule has 1 aliphatic rings. The van der Waals surface area contributed by atoms with E-state index in [4.69, 9.17) is 0 Å². The lowest BCUT2D eigenvalue weighted by Gasteiger charge is -2.11. The first-order chi connectivity index (χ1) is 8.69. The number of thioether (sulfide) groups is 1. The van der Waals surface area contributed by atoms with E-state index >= 15 is 0 Å². The fourth-order valence-electron chi connectivity index (χ4n) is 2.36. The van der Waals surface area contributed by atoms with Crippen molar-refractivity contribution < 1.29 is 4.92 Å². The lowest BCUT2D eigenvalue weighted by atomic mass is 10.2. The third-order valence-corrected chi connectivity index (χ3v) is 4.53. The molecule has 5 heteroatoms. The average molecular weight is 266 g/mol. The van der Waals surface area contributed by atoms with Gasteiger partial charge in [-0.25, -0.2) is 0 Å². The van der Waals surface area contributed by atoms with Crippen LogP contribution in [-0.4, -0.2) is 22.8 Å². The minimum Gasteiger partial charge on any atom is -0.314 e. The minimum atomic E-state index is -0.356. The van der Waals surface area contributed by atoms with E-state index in [1.165, 1.54) is 19.3 Å². The summed E-state index contributed by atoms with van der Waals surface area (Å²) in [7, 11) is 0. The van der Waals surface area contributed by atoms with Gasteiger partial charge in [0.15, 0.2) is 0 Å². The Hall–Kier alpha value is -1.07. The molecule has 0 saturated heterocycles. The molecule has 0 bridgehead atoms. The highest BCUT2D eigenvalue weighted by atomic mass is 32.2. The highest BCUT2D eigenvalue weighted by molar-refractivity contribution is 8.00. The molecule has 2 atom stereocenters. The van der Waals surface area contributed by atoms with E-state index < -0.39 is 0 Å². The van der Waals surface area contributed by atoms with Crippen LogP contribution in [-0.2, 0) is 0 Å². The van der Waals surface area contributed by atoms with Crippen molar-refractivity contribution in [2.24, 2.45) is 0 Å². The van der Waals surface area contributed by atoms with Gasteiger partial charge in [0, 0.05) is 28.3 Å². The smallest absolute Gasteiger partial charge is 0.269 e. The van der Waals surface area contributed by atoms with Crippen LogP contribution < -0.4 is 5.32 Å². The Morgan fingerprint density at radius 2 is 2.11 bits per heavy atom. The molecule has 98 valence electrons. The van der Waals surface area contributed by atoms with Crippen LogP contribution in [0.2, 0.25) is 0 Å². The van der Waals surface area contributed by atoms with E-state index in [1.807, 2.05) is 23.9 Å². The molecule has 18 heavy (non-hydrogen) atoms. The molecule has 0 heterocycles. The summed E-state index contributed by atoms with van der Waals surface area (Å²) in [5.74, 6) is 0. The Bertz CT molecular complexity index is 408. The average Bonchev–Trinajstić information content (AvgIpc) is 2.78. The van der Waals surface area contributed by atoms with Crippen molar-refractivity contribution in [2.45, 2.75) is 42.4 Å². The predicted octanol–water partition coefficient (Wildman–Crippen LogP) is 3.22. The SMILES string of the molecule is CCNC1CCC(Sc2ccc([N+](=O)[O-])cc2)C1. The fourth-order valence-corrected chi connectivity index (χ4v) is 3.62. The van der Waals surface area contributed by atoms with Crippen molar-refractivity contribution in [3.05, 3.63) is 34.4 Å². The summed E-state index contributed by atoms with van der Waals surface area (Å²) < 4.78 is 0. The summed E-state index contributed by atoms with van der Waals surface area (Å²) in [4.78, 5) is 11.3. The third-order valence-electron chi connectivity index (χ3n) is 3.23. The predicted molar refractivity (Wildman–Crippen MR) is 74.1 cm³/mol. The van der Waals surface area contributed by atoms with Crippen LogP contribution in [0.4, 0.5) is 5.69 Å². The van der Waals surface area contributed by atoms with Crippen LogP contribution in [0.15, 0.2) is 29.2 Å².